The number of amides is 3. The summed E-state index contributed by atoms with van der Waals surface area (Å²) in [5, 5.41) is 5.39. The molecule has 0 saturated carbocycles. The van der Waals surface area contributed by atoms with Gasteiger partial charge in [0.1, 0.15) is 17.6 Å². The Labute approximate surface area is 220 Å². The van der Waals surface area contributed by atoms with Gasteiger partial charge in [0.15, 0.2) is 0 Å². The molecule has 1 aliphatic heterocycles. The minimum Gasteiger partial charge on any atom is -0.375 e. The van der Waals surface area contributed by atoms with Gasteiger partial charge in [0, 0.05) is 12.5 Å². The molecule has 0 fully saturated rings. The average Bonchev–Trinajstić information content (AvgIpc) is 3.20. The van der Waals surface area contributed by atoms with Crippen molar-refractivity contribution in [3.05, 3.63) is 87.1 Å². The van der Waals surface area contributed by atoms with Gasteiger partial charge in [-0.3, -0.25) is 23.7 Å². The lowest BCUT2D eigenvalue weighted by atomic mass is 10.1. The predicted molar refractivity (Wildman–Crippen MR) is 136 cm³/mol. The van der Waals surface area contributed by atoms with Crippen LogP contribution in [0.25, 0.3) is 0 Å². The number of fused-ring (bicyclic) bond motifs is 1. The molecule has 2 heterocycles. The molecular weight excluding hydrogens is 517 g/mol. The maximum atomic E-state index is 13.6. The van der Waals surface area contributed by atoms with E-state index in [-0.39, 0.29) is 52.9 Å². The summed E-state index contributed by atoms with van der Waals surface area (Å²) in [5.74, 6) is -2.19. The second kappa shape index (κ2) is 10.6. The molecule has 3 amide bonds. The fourth-order valence-electron chi connectivity index (χ4n) is 4.54. The molecule has 204 valence electrons. The molecule has 4 rings (SSSR count). The van der Waals surface area contributed by atoms with Crippen LogP contribution in [0.2, 0.25) is 0 Å². The molecule has 13 heteroatoms. The third-order valence-corrected chi connectivity index (χ3v) is 6.39. The first-order chi connectivity index (χ1) is 18.4. The number of halogens is 3. The average molecular weight is 543 g/mol. The van der Waals surface area contributed by atoms with Gasteiger partial charge >= 0.3 is 6.18 Å². The van der Waals surface area contributed by atoms with Gasteiger partial charge < -0.3 is 22.1 Å². The van der Waals surface area contributed by atoms with Crippen molar-refractivity contribution < 1.29 is 27.6 Å². The van der Waals surface area contributed by atoms with Crippen molar-refractivity contribution in [1.29, 1.82) is 0 Å². The van der Waals surface area contributed by atoms with Crippen molar-refractivity contribution in [2.75, 3.05) is 10.6 Å². The van der Waals surface area contributed by atoms with E-state index in [0.29, 0.717) is 0 Å². The van der Waals surface area contributed by atoms with Gasteiger partial charge in [-0.2, -0.15) is 13.2 Å². The zero-order valence-corrected chi connectivity index (χ0v) is 20.7. The van der Waals surface area contributed by atoms with E-state index in [0.717, 1.165) is 16.7 Å². The molecule has 3 aromatic rings. The standard InChI is InChI=1S/C26H25F3N6O4/c1-13-9-19(23(31)38)35-24(13)34-18(11-20(36)33-17-8-3-2-7-16(17)22(30)37)21(25(35)39)32-12-14-5-4-6-15(10-14)26(27,28)29/h2-8,10,13,19,32H,9,11-12H2,1H3,(H2,30,37)(H2,31,38)(H,33,36). The first-order valence-electron chi connectivity index (χ1n) is 11.9. The van der Waals surface area contributed by atoms with Gasteiger partial charge in [-0.1, -0.05) is 31.2 Å². The number of hydrogen-bond acceptors (Lipinski definition) is 6. The van der Waals surface area contributed by atoms with Gasteiger partial charge in [0.05, 0.1) is 28.9 Å². The third kappa shape index (κ3) is 5.76. The zero-order valence-electron chi connectivity index (χ0n) is 20.7. The summed E-state index contributed by atoms with van der Waals surface area (Å²) in [5.41, 5.74) is 9.65. The lowest BCUT2D eigenvalue weighted by Gasteiger charge is -2.17. The molecule has 0 aliphatic carbocycles. The Bertz CT molecular complexity index is 1520. The third-order valence-electron chi connectivity index (χ3n) is 6.39. The first-order valence-corrected chi connectivity index (χ1v) is 11.9. The second-order valence-electron chi connectivity index (χ2n) is 9.21. The quantitative estimate of drug-likeness (QED) is 0.342. The van der Waals surface area contributed by atoms with Gasteiger partial charge in [0.2, 0.25) is 11.8 Å². The molecule has 2 atom stereocenters. The van der Waals surface area contributed by atoms with Gasteiger partial charge in [0.25, 0.3) is 11.5 Å². The highest BCUT2D eigenvalue weighted by atomic mass is 19.4. The van der Waals surface area contributed by atoms with Crippen molar-refractivity contribution in [3.8, 4) is 0 Å². The van der Waals surface area contributed by atoms with Crippen LogP contribution in [0.5, 0.6) is 0 Å². The molecule has 0 bridgehead atoms. The number of nitrogens with one attached hydrogen (secondary N) is 2. The fraction of sp³-hybridized carbons (Fsp3) is 0.269. The van der Waals surface area contributed by atoms with Crippen LogP contribution in [0.15, 0.2) is 53.3 Å². The van der Waals surface area contributed by atoms with Gasteiger partial charge in [-0.15, -0.1) is 0 Å². The number of primary amides is 2. The highest BCUT2D eigenvalue weighted by Crippen LogP contribution is 2.34. The summed E-state index contributed by atoms with van der Waals surface area (Å²) in [4.78, 5) is 54.8. The summed E-state index contributed by atoms with van der Waals surface area (Å²) >= 11 is 0. The number of anilines is 2. The molecule has 10 nitrogen and oxygen atoms in total. The number of alkyl halides is 3. The molecular formula is C26H25F3N6O4. The van der Waals surface area contributed by atoms with E-state index < -0.39 is 47.5 Å². The SMILES string of the molecule is CC1CC(C(N)=O)n2c1nc(CC(=O)Nc1ccccc1C(N)=O)c(NCc1cccc(C(F)(F)F)c1)c2=O. The van der Waals surface area contributed by atoms with Gasteiger partial charge in [-0.25, -0.2) is 4.98 Å². The largest absolute Gasteiger partial charge is 0.416 e. The van der Waals surface area contributed by atoms with E-state index in [1.54, 1.807) is 19.1 Å². The number of para-hydroxylation sites is 1. The number of aromatic nitrogens is 2. The molecule has 6 N–H and O–H groups in total. The van der Waals surface area contributed by atoms with Crippen molar-refractivity contribution in [2.45, 2.75) is 44.4 Å². The van der Waals surface area contributed by atoms with Crippen LogP contribution < -0.4 is 27.7 Å². The van der Waals surface area contributed by atoms with Crippen molar-refractivity contribution >= 4 is 29.1 Å². The fourth-order valence-corrected chi connectivity index (χ4v) is 4.54. The normalized spacial score (nSPS) is 16.4. The highest BCUT2D eigenvalue weighted by molar-refractivity contribution is 6.03. The van der Waals surface area contributed by atoms with Crippen LogP contribution >= 0.6 is 0 Å². The Morgan fingerprint density at radius 3 is 2.49 bits per heavy atom. The molecule has 0 spiro atoms. The lowest BCUT2D eigenvalue weighted by molar-refractivity contribution is -0.137. The molecule has 39 heavy (non-hydrogen) atoms. The van der Waals surface area contributed by atoms with Crippen LogP contribution in [0.1, 0.15) is 58.3 Å². The molecule has 0 radical (unpaired) electrons. The monoisotopic (exact) mass is 542 g/mol. The number of carbonyl (C=O) groups is 3. The van der Waals surface area contributed by atoms with E-state index in [9.17, 15) is 32.3 Å². The molecule has 1 aliphatic rings. The second-order valence-corrected chi connectivity index (χ2v) is 9.21. The lowest BCUT2D eigenvalue weighted by Crippen LogP contribution is -2.35. The molecule has 2 aromatic carbocycles. The highest BCUT2D eigenvalue weighted by Gasteiger charge is 2.36. The first kappa shape index (κ1) is 27.4. The summed E-state index contributed by atoms with van der Waals surface area (Å²) in [6, 6.07) is 9.67. The number of nitrogens with zero attached hydrogens (tertiary/aromatic N) is 2. The Hall–Kier alpha value is -4.68. The molecule has 1 aromatic heterocycles. The van der Waals surface area contributed by atoms with E-state index in [4.69, 9.17) is 11.5 Å². The van der Waals surface area contributed by atoms with Gasteiger partial charge in [-0.05, 0) is 36.2 Å². The van der Waals surface area contributed by atoms with E-state index in [2.05, 4.69) is 15.6 Å². The Morgan fingerprint density at radius 1 is 1.10 bits per heavy atom. The number of carbonyl (C=O) groups excluding carboxylic acids is 3. The Balaban J connectivity index is 1.70. The Morgan fingerprint density at radius 2 is 1.82 bits per heavy atom. The number of rotatable bonds is 8. The van der Waals surface area contributed by atoms with Crippen LogP contribution in [0, 0.1) is 0 Å². The number of benzene rings is 2. The van der Waals surface area contributed by atoms with E-state index in [1.807, 2.05) is 0 Å². The predicted octanol–water partition coefficient (Wildman–Crippen LogP) is 2.69. The molecule has 0 saturated heterocycles. The Kier molecular flexibility index (Phi) is 7.43. The van der Waals surface area contributed by atoms with Crippen molar-refractivity contribution in [2.24, 2.45) is 11.5 Å². The van der Waals surface area contributed by atoms with E-state index in [1.165, 1.54) is 24.3 Å². The van der Waals surface area contributed by atoms with Crippen LogP contribution in [0.4, 0.5) is 24.5 Å². The molecule has 2 unspecified atom stereocenters. The summed E-state index contributed by atoms with van der Waals surface area (Å²) in [6.07, 6.45) is -4.75. The summed E-state index contributed by atoms with van der Waals surface area (Å²) < 4.78 is 40.7. The van der Waals surface area contributed by atoms with Crippen LogP contribution in [-0.2, 0) is 28.7 Å². The number of nitrogens with two attached hydrogens (primary N) is 2. The number of hydrogen-bond donors (Lipinski definition) is 4. The van der Waals surface area contributed by atoms with Crippen molar-refractivity contribution in [3.63, 3.8) is 0 Å². The summed E-state index contributed by atoms with van der Waals surface area (Å²) in [6.45, 7) is 1.56. The van der Waals surface area contributed by atoms with Crippen LogP contribution in [-0.4, -0.2) is 27.3 Å². The topological polar surface area (TPSA) is 162 Å². The summed E-state index contributed by atoms with van der Waals surface area (Å²) in [7, 11) is 0. The zero-order chi connectivity index (χ0) is 28.5. The maximum Gasteiger partial charge on any atom is 0.416 e. The smallest absolute Gasteiger partial charge is 0.375 e. The van der Waals surface area contributed by atoms with E-state index >= 15 is 0 Å². The van der Waals surface area contributed by atoms with Crippen molar-refractivity contribution in [1.82, 2.24) is 9.55 Å². The minimum atomic E-state index is -4.56. The minimum absolute atomic E-state index is 0.0178. The van der Waals surface area contributed by atoms with Crippen LogP contribution in [0.3, 0.4) is 0 Å². The maximum absolute atomic E-state index is 13.6.